The number of pyridine rings is 1. The summed E-state index contributed by atoms with van der Waals surface area (Å²) in [5, 5.41) is 0.730. The van der Waals surface area contributed by atoms with E-state index in [1.807, 2.05) is 0 Å². The van der Waals surface area contributed by atoms with Crippen LogP contribution in [-0.2, 0) is 23.1 Å². The van der Waals surface area contributed by atoms with Crippen LogP contribution in [0.2, 0.25) is 5.02 Å². The van der Waals surface area contributed by atoms with Crippen molar-refractivity contribution in [3.8, 4) is 11.5 Å². The molecule has 0 atom stereocenters. The van der Waals surface area contributed by atoms with Gasteiger partial charge >= 0.3 is 0 Å². The molecule has 10 heteroatoms. The number of halogens is 2. The molecule has 2 heterocycles. The van der Waals surface area contributed by atoms with Gasteiger partial charge in [-0.25, -0.2) is 12.8 Å². The zero-order chi connectivity index (χ0) is 24.6. The summed E-state index contributed by atoms with van der Waals surface area (Å²) in [5.41, 5.74) is 0.889. The molecule has 0 fully saturated rings. The van der Waals surface area contributed by atoms with Crippen LogP contribution in [-0.4, -0.2) is 30.9 Å². The zero-order valence-corrected chi connectivity index (χ0v) is 19.9. The summed E-state index contributed by atoms with van der Waals surface area (Å²) in [6.07, 6.45) is 0. The molecule has 0 amide bonds. The Labute approximate surface area is 205 Å². The van der Waals surface area contributed by atoms with Gasteiger partial charge in [0.15, 0.2) is 11.5 Å². The van der Waals surface area contributed by atoms with E-state index in [4.69, 9.17) is 21.1 Å². The molecule has 7 nitrogen and oxygen atoms in total. The number of H-pyrrole nitrogens is 1. The number of benzene rings is 3. The topological polar surface area (TPSA) is 88.7 Å². The molecule has 180 valence electrons. The van der Waals surface area contributed by atoms with E-state index in [2.05, 4.69) is 4.98 Å². The number of rotatable bonds is 6. The van der Waals surface area contributed by atoms with Crippen LogP contribution in [0.1, 0.15) is 11.1 Å². The van der Waals surface area contributed by atoms with Crippen LogP contribution in [0, 0.1) is 5.82 Å². The molecule has 0 spiro atoms. The second kappa shape index (κ2) is 9.33. The SMILES string of the molecule is O=c1[nH]c2cc3c(cc2cc1CN(Cc1ccc(F)cc1)S(=O)(=O)c1ccccc1Cl)OCCO3. The van der Waals surface area contributed by atoms with E-state index in [9.17, 15) is 17.6 Å². The first-order chi connectivity index (χ1) is 16.8. The van der Waals surface area contributed by atoms with Crippen LogP contribution >= 0.6 is 11.6 Å². The van der Waals surface area contributed by atoms with Gasteiger partial charge < -0.3 is 14.5 Å². The molecule has 0 saturated carbocycles. The number of fused-ring (bicyclic) bond motifs is 2. The van der Waals surface area contributed by atoms with Gasteiger partial charge in [0, 0.05) is 30.1 Å². The average molecular weight is 515 g/mol. The van der Waals surface area contributed by atoms with E-state index in [-0.39, 0.29) is 28.6 Å². The van der Waals surface area contributed by atoms with Gasteiger partial charge in [0.25, 0.3) is 5.56 Å². The normalized spacial score (nSPS) is 13.3. The van der Waals surface area contributed by atoms with Gasteiger partial charge in [-0.05, 0) is 42.0 Å². The Kier molecular flexibility index (Phi) is 6.22. The molecule has 0 aliphatic carbocycles. The first-order valence-electron chi connectivity index (χ1n) is 10.8. The fourth-order valence-corrected chi connectivity index (χ4v) is 5.81. The average Bonchev–Trinajstić information content (AvgIpc) is 2.84. The van der Waals surface area contributed by atoms with Crippen LogP contribution in [0.3, 0.4) is 0 Å². The molecule has 0 radical (unpaired) electrons. The van der Waals surface area contributed by atoms with Gasteiger partial charge in [-0.15, -0.1) is 0 Å². The van der Waals surface area contributed by atoms with Gasteiger partial charge in [-0.2, -0.15) is 4.31 Å². The van der Waals surface area contributed by atoms with Crippen molar-refractivity contribution in [1.82, 2.24) is 9.29 Å². The van der Waals surface area contributed by atoms with Gasteiger partial charge in [0.05, 0.1) is 10.5 Å². The highest BCUT2D eigenvalue weighted by Gasteiger charge is 2.28. The molecule has 1 aliphatic heterocycles. The summed E-state index contributed by atoms with van der Waals surface area (Å²) in [4.78, 5) is 15.7. The molecule has 0 saturated heterocycles. The summed E-state index contributed by atoms with van der Waals surface area (Å²) >= 11 is 6.21. The molecule has 1 aliphatic rings. The Morgan fingerprint density at radius 1 is 0.943 bits per heavy atom. The lowest BCUT2D eigenvalue weighted by molar-refractivity contribution is 0.172. The Balaban J connectivity index is 1.57. The fourth-order valence-electron chi connectivity index (χ4n) is 3.91. The van der Waals surface area contributed by atoms with E-state index < -0.39 is 21.4 Å². The number of nitrogens with zero attached hydrogens (tertiary/aromatic N) is 1. The van der Waals surface area contributed by atoms with Crippen LogP contribution < -0.4 is 15.0 Å². The third-order valence-electron chi connectivity index (χ3n) is 5.66. The number of aromatic amines is 1. The largest absolute Gasteiger partial charge is 0.486 e. The van der Waals surface area contributed by atoms with Gasteiger partial charge in [-0.3, -0.25) is 4.79 Å². The first-order valence-corrected chi connectivity index (χ1v) is 12.6. The Hall–Kier alpha value is -3.40. The first kappa shape index (κ1) is 23.3. The zero-order valence-electron chi connectivity index (χ0n) is 18.3. The summed E-state index contributed by atoms with van der Waals surface area (Å²) in [6.45, 7) is 0.506. The lowest BCUT2D eigenvalue weighted by Crippen LogP contribution is -2.32. The third kappa shape index (κ3) is 4.75. The van der Waals surface area contributed by atoms with Crippen molar-refractivity contribution >= 4 is 32.5 Å². The molecular formula is C25H20ClFN2O5S. The lowest BCUT2D eigenvalue weighted by atomic mass is 10.1. The molecule has 4 aromatic rings. The minimum Gasteiger partial charge on any atom is -0.486 e. The minimum atomic E-state index is -4.11. The number of hydrogen-bond acceptors (Lipinski definition) is 5. The number of nitrogens with one attached hydrogen (secondary N) is 1. The maximum absolute atomic E-state index is 13.6. The predicted molar refractivity (Wildman–Crippen MR) is 130 cm³/mol. The number of ether oxygens (including phenoxy) is 2. The summed E-state index contributed by atoms with van der Waals surface area (Å²) in [7, 11) is -4.11. The van der Waals surface area contributed by atoms with E-state index in [0.29, 0.717) is 41.2 Å². The molecule has 3 aromatic carbocycles. The standard InChI is InChI=1S/C25H20ClFN2O5S/c26-20-3-1-2-4-24(20)35(31,32)29(14-16-5-7-19(27)8-6-16)15-18-11-17-12-22-23(34-10-9-33-22)13-21(17)28-25(18)30/h1-8,11-13H,9-10,14-15H2,(H,28,30). The van der Waals surface area contributed by atoms with Crippen LogP contribution in [0.25, 0.3) is 10.9 Å². The number of sulfonamides is 1. The molecule has 0 bridgehead atoms. The van der Waals surface area contributed by atoms with Crippen molar-refractivity contribution < 1.29 is 22.3 Å². The molecule has 0 unspecified atom stereocenters. The van der Waals surface area contributed by atoms with Gasteiger partial charge in [-0.1, -0.05) is 35.9 Å². The van der Waals surface area contributed by atoms with Crippen molar-refractivity contribution in [3.63, 3.8) is 0 Å². The second-order valence-corrected chi connectivity index (χ2v) is 10.4. The highest BCUT2D eigenvalue weighted by molar-refractivity contribution is 7.89. The van der Waals surface area contributed by atoms with Crippen molar-refractivity contribution in [2.75, 3.05) is 13.2 Å². The van der Waals surface area contributed by atoms with Crippen molar-refractivity contribution in [2.24, 2.45) is 0 Å². The van der Waals surface area contributed by atoms with E-state index >= 15 is 0 Å². The smallest absolute Gasteiger partial charge is 0.252 e. The van der Waals surface area contributed by atoms with Crippen LogP contribution in [0.5, 0.6) is 11.5 Å². The molecular weight excluding hydrogens is 495 g/mol. The van der Waals surface area contributed by atoms with Gasteiger partial charge in [0.1, 0.15) is 23.9 Å². The van der Waals surface area contributed by atoms with Crippen molar-refractivity contribution in [1.29, 1.82) is 0 Å². The molecule has 5 rings (SSSR count). The van der Waals surface area contributed by atoms with Crippen LogP contribution in [0.4, 0.5) is 4.39 Å². The summed E-state index contributed by atoms with van der Waals surface area (Å²) in [6, 6.07) is 16.7. The molecule has 1 aromatic heterocycles. The van der Waals surface area contributed by atoms with Crippen LogP contribution in [0.15, 0.2) is 76.4 Å². The predicted octanol–water partition coefficient (Wildman–Crippen LogP) is 4.48. The summed E-state index contributed by atoms with van der Waals surface area (Å²) in [5.74, 6) is 0.648. The maximum Gasteiger partial charge on any atom is 0.252 e. The molecule has 1 N–H and O–H groups in total. The Morgan fingerprint density at radius 2 is 1.63 bits per heavy atom. The van der Waals surface area contributed by atoms with E-state index in [0.717, 1.165) is 4.31 Å². The lowest BCUT2D eigenvalue weighted by Gasteiger charge is -2.23. The quantitative estimate of drug-likeness (QED) is 0.410. The summed E-state index contributed by atoms with van der Waals surface area (Å²) < 4.78 is 53.0. The van der Waals surface area contributed by atoms with Crippen molar-refractivity contribution in [3.05, 3.63) is 99.1 Å². The fraction of sp³-hybridized carbons (Fsp3) is 0.160. The number of hydrogen-bond donors (Lipinski definition) is 1. The van der Waals surface area contributed by atoms with Gasteiger partial charge in [0.2, 0.25) is 10.0 Å². The Bertz CT molecular complexity index is 1570. The number of aromatic nitrogens is 1. The monoisotopic (exact) mass is 514 g/mol. The maximum atomic E-state index is 13.6. The van der Waals surface area contributed by atoms with E-state index in [1.165, 1.54) is 36.4 Å². The second-order valence-electron chi connectivity index (χ2n) is 8.04. The highest BCUT2D eigenvalue weighted by Crippen LogP contribution is 2.34. The highest BCUT2D eigenvalue weighted by atomic mass is 35.5. The van der Waals surface area contributed by atoms with E-state index in [1.54, 1.807) is 30.3 Å². The third-order valence-corrected chi connectivity index (χ3v) is 7.95. The Morgan fingerprint density at radius 3 is 2.34 bits per heavy atom. The van der Waals surface area contributed by atoms with Crippen molar-refractivity contribution in [2.45, 2.75) is 18.0 Å². The molecule has 35 heavy (non-hydrogen) atoms. The minimum absolute atomic E-state index is 0.0628.